The molecule has 132 valence electrons. The molecule has 2 saturated heterocycles. The molecule has 25 heavy (non-hydrogen) atoms. The number of hydrogen-bond donors (Lipinski definition) is 1. The van der Waals surface area contributed by atoms with Crippen molar-refractivity contribution < 1.29 is 14.6 Å². The average molecular weight is 341 g/mol. The van der Waals surface area contributed by atoms with Gasteiger partial charge in [0.15, 0.2) is 0 Å². The molecule has 6 nitrogen and oxygen atoms in total. The summed E-state index contributed by atoms with van der Waals surface area (Å²) in [5.41, 5.74) is 1.72. The Balaban J connectivity index is 1.52. The summed E-state index contributed by atoms with van der Waals surface area (Å²) in [5.74, 6) is -0.540. The van der Waals surface area contributed by atoms with Crippen LogP contribution in [0, 0.1) is 11.3 Å². The fourth-order valence-corrected chi connectivity index (χ4v) is 4.19. The molecule has 0 bridgehead atoms. The maximum absolute atomic E-state index is 11.9. The lowest BCUT2D eigenvalue weighted by atomic mass is 9.76. The van der Waals surface area contributed by atoms with Gasteiger partial charge in [-0.1, -0.05) is 24.3 Å². The molecule has 2 fully saturated rings. The van der Waals surface area contributed by atoms with Gasteiger partial charge in [0.2, 0.25) is 0 Å². The zero-order valence-corrected chi connectivity index (χ0v) is 14.2. The number of hydrogen-bond acceptors (Lipinski definition) is 4. The van der Waals surface area contributed by atoms with Crippen LogP contribution in [-0.4, -0.2) is 52.1 Å². The highest BCUT2D eigenvalue weighted by Gasteiger charge is 2.53. The monoisotopic (exact) mass is 341 g/mol. The summed E-state index contributed by atoms with van der Waals surface area (Å²) < 4.78 is 7.43. The predicted octanol–water partition coefficient (Wildman–Crippen LogP) is 1.85. The molecule has 1 aromatic heterocycles. The first-order valence-electron chi connectivity index (χ1n) is 8.75. The van der Waals surface area contributed by atoms with Crippen LogP contribution in [0.15, 0.2) is 42.7 Å². The average Bonchev–Trinajstić information content (AvgIpc) is 3.24. The summed E-state index contributed by atoms with van der Waals surface area (Å²) in [6, 6.07) is 10.3. The Morgan fingerprint density at radius 2 is 2.08 bits per heavy atom. The number of carboxylic acid groups (broad SMARTS) is 1. The normalized spacial score (nSPS) is 26.5. The molecule has 2 aromatic rings. The molecule has 6 heteroatoms. The first kappa shape index (κ1) is 16.3. The third kappa shape index (κ3) is 3.07. The number of carboxylic acids is 1. The number of fused-ring (bicyclic) bond motifs is 1. The molecule has 0 unspecified atom stereocenters. The summed E-state index contributed by atoms with van der Waals surface area (Å²) in [6.07, 6.45) is 4.57. The van der Waals surface area contributed by atoms with E-state index in [1.54, 1.807) is 6.20 Å². The topological polar surface area (TPSA) is 67.6 Å². The van der Waals surface area contributed by atoms with Crippen LogP contribution in [0.1, 0.15) is 17.5 Å². The van der Waals surface area contributed by atoms with Gasteiger partial charge in [0.05, 0.1) is 13.2 Å². The molecule has 0 saturated carbocycles. The molecular formula is C19H23N3O3. The van der Waals surface area contributed by atoms with Gasteiger partial charge in [-0.15, -0.1) is 0 Å². The van der Waals surface area contributed by atoms with Gasteiger partial charge >= 0.3 is 5.97 Å². The minimum absolute atomic E-state index is 0.178. The van der Waals surface area contributed by atoms with Crippen LogP contribution in [-0.2, 0) is 22.6 Å². The molecule has 1 aromatic carbocycles. The van der Waals surface area contributed by atoms with Gasteiger partial charge in [-0.2, -0.15) is 5.10 Å². The Kier molecular flexibility index (Phi) is 4.31. The van der Waals surface area contributed by atoms with Crippen LogP contribution in [0.25, 0.3) is 0 Å². The lowest BCUT2D eigenvalue weighted by molar-refractivity contribution is -0.159. The van der Waals surface area contributed by atoms with E-state index in [1.165, 1.54) is 11.1 Å². The molecule has 0 radical (unpaired) electrons. The largest absolute Gasteiger partial charge is 0.481 e. The van der Waals surface area contributed by atoms with Crippen LogP contribution in [0.3, 0.4) is 0 Å². The van der Waals surface area contributed by atoms with E-state index < -0.39 is 11.4 Å². The first-order valence-corrected chi connectivity index (χ1v) is 8.75. The van der Waals surface area contributed by atoms with Crippen molar-refractivity contribution in [2.45, 2.75) is 19.5 Å². The molecule has 0 spiro atoms. The van der Waals surface area contributed by atoms with E-state index in [2.05, 4.69) is 22.1 Å². The highest BCUT2D eigenvalue weighted by molar-refractivity contribution is 5.76. The minimum atomic E-state index is -0.741. The SMILES string of the molecule is O=C(O)[C@]12COCC[C@H]1CN(Cc1ccccc1Cn1cccn1)C2. The van der Waals surface area contributed by atoms with Gasteiger partial charge in [0.1, 0.15) is 5.41 Å². The molecule has 2 atom stereocenters. The Bertz CT molecular complexity index is 746. The fraction of sp³-hybridized carbons (Fsp3) is 0.474. The van der Waals surface area contributed by atoms with Gasteiger partial charge in [-0.05, 0) is 29.5 Å². The van der Waals surface area contributed by atoms with Crippen molar-refractivity contribution >= 4 is 5.97 Å². The van der Waals surface area contributed by atoms with Crippen LogP contribution in [0.2, 0.25) is 0 Å². The Morgan fingerprint density at radius 3 is 2.76 bits per heavy atom. The quantitative estimate of drug-likeness (QED) is 0.899. The van der Waals surface area contributed by atoms with E-state index in [9.17, 15) is 9.90 Å². The third-order valence-corrected chi connectivity index (χ3v) is 5.57. The standard InChI is InChI=1S/C19H23N3O3/c23-18(24)19-13-21(12-17(19)6-9-25-14-19)10-15-4-1-2-5-16(15)11-22-8-3-7-20-22/h1-5,7-8,17H,6,9-14H2,(H,23,24)/t17-,19+/m0/s1. The van der Waals surface area contributed by atoms with Crippen molar-refractivity contribution in [3.63, 3.8) is 0 Å². The molecule has 1 N–H and O–H groups in total. The summed E-state index contributed by atoms with van der Waals surface area (Å²) in [5, 5.41) is 14.1. The number of likely N-dealkylation sites (tertiary alicyclic amines) is 1. The zero-order chi connectivity index (χ0) is 17.3. The van der Waals surface area contributed by atoms with Crippen LogP contribution in [0.5, 0.6) is 0 Å². The Morgan fingerprint density at radius 1 is 1.28 bits per heavy atom. The zero-order valence-electron chi connectivity index (χ0n) is 14.2. The van der Waals surface area contributed by atoms with E-state index in [1.807, 2.05) is 29.1 Å². The van der Waals surface area contributed by atoms with Crippen molar-refractivity contribution in [2.75, 3.05) is 26.3 Å². The lowest BCUT2D eigenvalue weighted by Crippen LogP contribution is -2.46. The Labute approximate surface area is 147 Å². The third-order valence-electron chi connectivity index (χ3n) is 5.57. The van der Waals surface area contributed by atoms with Gasteiger partial charge in [0, 0.05) is 38.6 Å². The molecule has 0 aliphatic carbocycles. The number of ether oxygens (including phenoxy) is 1. The number of carbonyl (C=O) groups is 1. The van der Waals surface area contributed by atoms with Gasteiger partial charge in [-0.25, -0.2) is 0 Å². The van der Waals surface area contributed by atoms with Crippen molar-refractivity contribution in [3.8, 4) is 0 Å². The minimum Gasteiger partial charge on any atom is -0.481 e. The second-order valence-electron chi connectivity index (χ2n) is 7.14. The van der Waals surface area contributed by atoms with Gasteiger partial charge < -0.3 is 9.84 Å². The van der Waals surface area contributed by atoms with E-state index in [4.69, 9.17) is 4.74 Å². The number of rotatable bonds is 5. The van der Waals surface area contributed by atoms with Gasteiger partial charge in [-0.3, -0.25) is 14.4 Å². The fourth-order valence-electron chi connectivity index (χ4n) is 4.19. The Hall–Kier alpha value is -2.18. The smallest absolute Gasteiger partial charge is 0.313 e. The molecule has 2 aliphatic heterocycles. The van der Waals surface area contributed by atoms with Crippen molar-refractivity contribution in [3.05, 3.63) is 53.9 Å². The summed E-state index contributed by atoms with van der Waals surface area (Å²) in [6.45, 7) is 3.88. The van der Waals surface area contributed by atoms with E-state index >= 15 is 0 Å². The van der Waals surface area contributed by atoms with E-state index in [-0.39, 0.29) is 5.92 Å². The summed E-state index contributed by atoms with van der Waals surface area (Å²) in [4.78, 5) is 14.2. The number of benzene rings is 1. The lowest BCUT2D eigenvalue weighted by Gasteiger charge is -2.34. The second kappa shape index (κ2) is 6.61. The van der Waals surface area contributed by atoms with Crippen molar-refractivity contribution in [1.29, 1.82) is 0 Å². The molecule has 0 amide bonds. The summed E-state index contributed by atoms with van der Waals surface area (Å²) in [7, 11) is 0. The maximum Gasteiger partial charge on any atom is 0.313 e. The molecular weight excluding hydrogens is 318 g/mol. The van der Waals surface area contributed by atoms with Crippen LogP contribution in [0.4, 0.5) is 0 Å². The van der Waals surface area contributed by atoms with E-state index in [0.29, 0.717) is 19.8 Å². The highest BCUT2D eigenvalue weighted by Crippen LogP contribution is 2.42. The maximum atomic E-state index is 11.9. The number of aromatic nitrogens is 2. The van der Waals surface area contributed by atoms with Gasteiger partial charge in [0.25, 0.3) is 0 Å². The van der Waals surface area contributed by atoms with Crippen molar-refractivity contribution in [2.24, 2.45) is 11.3 Å². The molecule has 4 rings (SSSR count). The highest BCUT2D eigenvalue weighted by atomic mass is 16.5. The predicted molar refractivity (Wildman–Crippen MR) is 92.0 cm³/mol. The first-order chi connectivity index (χ1) is 12.2. The number of nitrogens with zero attached hydrogens (tertiary/aromatic N) is 3. The van der Waals surface area contributed by atoms with Crippen LogP contribution >= 0.6 is 0 Å². The second-order valence-corrected chi connectivity index (χ2v) is 7.14. The van der Waals surface area contributed by atoms with E-state index in [0.717, 1.165) is 26.1 Å². The molecule has 3 heterocycles. The van der Waals surface area contributed by atoms with Crippen LogP contribution < -0.4 is 0 Å². The number of aliphatic carboxylic acids is 1. The molecule has 2 aliphatic rings. The van der Waals surface area contributed by atoms with Crippen molar-refractivity contribution in [1.82, 2.24) is 14.7 Å². The summed E-state index contributed by atoms with van der Waals surface area (Å²) >= 11 is 0.